The smallest absolute Gasteiger partial charge is 0.299 e. The molecular formula is C11H15ClN2O4S. The molecule has 1 rings (SSSR count). The number of halogens is 1. The topological polar surface area (TPSA) is 89.0 Å². The number of unbranched alkanes of at least 4 members (excludes halogenated alkanes) is 3. The van der Waals surface area contributed by atoms with Crippen LogP contribution in [0.3, 0.4) is 0 Å². The fraction of sp³-hybridized carbons (Fsp3) is 0.455. The van der Waals surface area contributed by atoms with Gasteiger partial charge in [-0.15, -0.1) is 6.58 Å². The summed E-state index contributed by atoms with van der Waals surface area (Å²) in [6.45, 7) is 3.93. The quantitative estimate of drug-likeness (QED) is 0.466. The summed E-state index contributed by atoms with van der Waals surface area (Å²) >= 11 is 0. The van der Waals surface area contributed by atoms with E-state index >= 15 is 0 Å². The first kappa shape index (κ1) is 15.7. The summed E-state index contributed by atoms with van der Waals surface area (Å²) in [4.78, 5) is 24.1. The van der Waals surface area contributed by atoms with Crippen LogP contribution in [-0.2, 0) is 15.6 Å². The van der Waals surface area contributed by atoms with Crippen LogP contribution in [0.15, 0.2) is 33.3 Å². The summed E-state index contributed by atoms with van der Waals surface area (Å²) in [6.07, 6.45) is 6.20. The molecule has 0 aliphatic heterocycles. The standard InChI is InChI=1S/C11H15ClN2O4S/c1-2-3-4-5-6-7-14-8-9(19(12,17)18)10(15)13-11(14)16/h2,8H,1,3-7H2,(H,13,15,16). The van der Waals surface area contributed by atoms with Crippen LogP contribution >= 0.6 is 10.7 Å². The molecule has 0 spiro atoms. The molecule has 0 atom stereocenters. The first-order chi connectivity index (χ1) is 8.86. The molecule has 6 nitrogen and oxygen atoms in total. The van der Waals surface area contributed by atoms with E-state index in [1.165, 1.54) is 0 Å². The zero-order chi connectivity index (χ0) is 14.5. The molecule has 0 aromatic carbocycles. The Morgan fingerprint density at radius 2 is 2.00 bits per heavy atom. The number of nitrogens with one attached hydrogen (secondary N) is 1. The van der Waals surface area contributed by atoms with Gasteiger partial charge in [0.05, 0.1) is 0 Å². The van der Waals surface area contributed by atoms with Gasteiger partial charge in [0.2, 0.25) is 0 Å². The fourth-order valence-electron chi connectivity index (χ4n) is 1.58. The second kappa shape index (κ2) is 6.72. The van der Waals surface area contributed by atoms with Crippen LogP contribution < -0.4 is 11.2 Å². The van der Waals surface area contributed by atoms with Gasteiger partial charge in [-0.3, -0.25) is 14.3 Å². The van der Waals surface area contributed by atoms with Crippen molar-refractivity contribution in [2.75, 3.05) is 0 Å². The summed E-state index contributed by atoms with van der Waals surface area (Å²) < 4.78 is 23.4. The largest absolute Gasteiger partial charge is 0.328 e. The Morgan fingerprint density at radius 3 is 2.58 bits per heavy atom. The van der Waals surface area contributed by atoms with E-state index in [1.54, 1.807) is 0 Å². The number of aromatic amines is 1. The molecule has 0 unspecified atom stereocenters. The summed E-state index contributed by atoms with van der Waals surface area (Å²) in [5.41, 5.74) is -1.64. The third kappa shape index (κ3) is 4.68. The second-order valence-electron chi connectivity index (χ2n) is 4.02. The first-order valence-electron chi connectivity index (χ1n) is 5.75. The molecule has 1 N–H and O–H groups in total. The summed E-state index contributed by atoms with van der Waals surface area (Å²) in [7, 11) is 0.960. The third-order valence-corrected chi connectivity index (χ3v) is 3.86. The van der Waals surface area contributed by atoms with Crippen LogP contribution in [0, 0.1) is 0 Å². The van der Waals surface area contributed by atoms with Crippen molar-refractivity contribution >= 4 is 19.7 Å². The average Bonchev–Trinajstić information content (AvgIpc) is 2.29. The molecule has 19 heavy (non-hydrogen) atoms. The maximum atomic E-state index is 11.5. The number of aryl methyl sites for hydroxylation is 1. The maximum Gasteiger partial charge on any atom is 0.328 e. The Balaban J connectivity index is 2.88. The van der Waals surface area contributed by atoms with E-state index in [1.807, 2.05) is 11.1 Å². The highest BCUT2D eigenvalue weighted by atomic mass is 35.7. The van der Waals surface area contributed by atoms with Crippen LogP contribution in [0.25, 0.3) is 0 Å². The minimum atomic E-state index is -4.16. The molecule has 1 aromatic heterocycles. The highest BCUT2D eigenvalue weighted by molar-refractivity contribution is 8.13. The molecule has 0 fully saturated rings. The molecule has 0 aliphatic rings. The van der Waals surface area contributed by atoms with Crippen molar-refractivity contribution in [3.63, 3.8) is 0 Å². The summed E-state index contributed by atoms with van der Waals surface area (Å²) in [5, 5.41) is 0. The van der Waals surface area contributed by atoms with Crippen LogP contribution in [0.4, 0.5) is 0 Å². The van der Waals surface area contributed by atoms with Gasteiger partial charge in [0.25, 0.3) is 14.6 Å². The molecule has 1 heterocycles. The van der Waals surface area contributed by atoms with E-state index in [-0.39, 0.29) is 0 Å². The second-order valence-corrected chi connectivity index (χ2v) is 6.56. The zero-order valence-electron chi connectivity index (χ0n) is 10.3. The van der Waals surface area contributed by atoms with E-state index in [2.05, 4.69) is 6.58 Å². The van der Waals surface area contributed by atoms with Gasteiger partial charge in [-0.2, -0.15) is 0 Å². The van der Waals surface area contributed by atoms with Gasteiger partial charge < -0.3 is 0 Å². The minimum Gasteiger partial charge on any atom is -0.299 e. The maximum absolute atomic E-state index is 11.5. The van der Waals surface area contributed by atoms with Crippen molar-refractivity contribution in [1.82, 2.24) is 9.55 Å². The van der Waals surface area contributed by atoms with Crippen molar-refractivity contribution in [3.8, 4) is 0 Å². The Morgan fingerprint density at radius 1 is 1.32 bits per heavy atom. The van der Waals surface area contributed by atoms with Gasteiger partial charge in [0.1, 0.15) is 0 Å². The predicted molar refractivity (Wildman–Crippen MR) is 73.0 cm³/mol. The fourth-order valence-corrected chi connectivity index (χ4v) is 2.43. The van der Waals surface area contributed by atoms with Gasteiger partial charge in [-0.05, 0) is 19.3 Å². The number of hydrogen-bond donors (Lipinski definition) is 1. The predicted octanol–water partition coefficient (Wildman–Crippen LogP) is 1.21. The zero-order valence-corrected chi connectivity index (χ0v) is 11.8. The Hall–Kier alpha value is -1.34. The van der Waals surface area contributed by atoms with E-state index in [0.717, 1.165) is 30.0 Å². The molecular weight excluding hydrogens is 292 g/mol. The normalized spacial score (nSPS) is 11.4. The van der Waals surface area contributed by atoms with Gasteiger partial charge in [0.15, 0.2) is 4.90 Å². The van der Waals surface area contributed by atoms with Gasteiger partial charge in [-0.1, -0.05) is 12.5 Å². The monoisotopic (exact) mass is 306 g/mol. The molecule has 0 aliphatic carbocycles. The van der Waals surface area contributed by atoms with Crippen molar-refractivity contribution in [2.45, 2.75) is 37.1 Å². The van der Waals surface area contributed by atoms with E-state index in [9.17, 15) is 18.0 Å². The average molecular weight is 307 g/mol. The summed E-state index contributed by atoms with van der Waals surface area (Å²) in [6, 6.07) is 0. The lowest BCUT2D eigenvalue weighted by Gasteiger charge is -2.05. The van der Waals surface area contributed by atoms with Gasteiger partial charge in [-0.25, -0.2) is 13.2 Å². The molecule has 0 bridgehead atoms. The number of aromatic nitrogens is 2. The molecule has 0 radical (unpaired) electrons. The third-order valence-electron chi connectivity index (χ3n) is 2.55. The highest BCUT2D eigenvalue weighted by Crippen LogP contribution is 2.08. The Kier molecular flexibility index (Phi) is 5.56. The minimum absolute atomic E-state index is 0.326. The van der Waals surface area contributed by atoms with E-state index in [0.29, 0.717) is 13.0 Å². The molecule has 0 saturated heterocycles. The molecule has 106 valence electrons. The molecule has 1 aromatic rings. The van der Waals surface area contributed by atoms with Crippen LogP contribution in [0.2, 0.25) is 0 Å². The number of rotatable bonds is 7. The lowest BCUT2D eigenvalue weighted by Crippen LogP contribution is -2.32. The van der Waals surface area contributed by atoms with Crippen LogP contribution in [0.5, 0.6) is 0 Å². The Bertz CT molecular complexity index is 660. The van der Waals surface area contributed by atoms with Crippen molar-refractivity contribution in [1.29, 1.82) is 0 Å². The molecule has 8 heteroatoms. The Labute approximate surface area is 115 Å². The first-order valence-corrected chi connectivity index (χ1v) is 8.06. The molecule has 0 saturated carbocycles. The van der Waals surface area contributed by atoms with Crippen molar-refractivity contribution in [3.05, 3.63) is 39.7 Å². The lowest BCUT2D eigenvalue weighted by molar-refractivity contribution is 0.555. The van der Waals surface area contributed by atoms with Crippen molar-refractivity contribution < 1.29 is 8.42 Å². The SMILES string of the molecule is C=CCCCCCn1cc(S(=O)(=O)Cl)c(=O)[nH]c1=O. The number of nitrogens with zero attached hydrogens (tertiary/aromatic N) is 1. The van der Waals surface area contributed by atoms with Gasteiger partial charge in [0, 0.05) is 23.4 Å². The number of allylic oxidation sites excluding steroid dienone is 1. The summed E-state index contributed by atoms with van der Waals surface area (Å²) in [5.74, 6) is 0. The number of H-pyrrole nitrogens is 1. The van der Waals surface area contributed by atoms with Crippen LogP contribution in [-0.4, -0.2) is 18.0 Å². The van der Waals surface area contributed by atoms with E-state index in [4.69, 9.17) is 10.7 Å². The molecule has 0 amide bonds. The number of hydrogen-bond acceptors (Lipinski definition) is 4. The van der Waals surface area contributed by atoms with Crippen molar-refractivity contribution in [2.24, 2.45) is 0 Å². The van der Waals surface area contributed by atoms with Crippen LogP contribution in [0.1, 0.15) is 25.7 Å². The highest BCUT2D eigenvalue weighted by Gasteiger charge is 2.16. The van der Waals surface area contributed by atoms with E-state index < -0.39 is 25.2 Å². The van der Waals surface area contributed by atoms with Gasteiger partial charge >= 0.3 is 5.69 Å². The lowest BCUT2D eigenvalue weighted by atomic mass is 10.2.